The lowest BCUT2D eigenvalue weighted by Crippen LogP contribution is -2.60. The number of rotatable bonds is 1. The van der Waals surface area contributed by atoms with Crippen LogP contribution in [0.3, 0.4) is 0 Å². The SMILES string of the molecule is CC1(C)C[C@@H]1C(=O)N1CC2(CCN(C(=O)O)C2)C1. The first kappa shape index (κ1) is 11.8. The summed E-state index contributed by atoms with van der Waals surface area (Å²) < 4.78 is 0. The van der Waals surface area contributed by atoms with E-state index in [0.29, 0.717) is 13.1 Å². The van der Waals surface area contributed by atoms with Crippen LogP contribution in [0.25, 0.3) is 0 Å². The molecule has 1 aliphatic carbocycles. The molecular formula is C13H20N2O3. The second-order valence-electron chi connectivity index (χ2n) is 6.89. The molecule has 18 heavy (non-hydrogen) atoms. The summed E-state index contributed by atoms with van der Waals surface area (Å²) in [7, 11) is 0. The van der Waals surface area contributed by atoms with Gasteiger partial charge >= 0.3 is 6.09 Å². The van der Waals surface area contributed by atoms with Crippen LogP contribution in [-0.4, -0.2) is 53.1 Å². The minimum absolute atomic E-state index is 0.0626. The van der Waals surface area contributed by atoms with Gasteiger partial charge in [-0.25, -0.2) is 4.79 Å². The molecule has 0 aromatic rings. The standard InChI is InChI=1S/C13H20N2O3/c1-12(2)5-9(12)10(16)15-7-13(8-15)3-4-14(6-13)11(17)18/h9H,3-8H2,1-2H3,(H,17,18)/t9-/m1/s1. The van der Waals surface area contributed by atoms with Crippen LogP contribution in [0.5, 0.6) is 0 Å². The number of carbonyl (C=O) groups is 2. The molecule has 0 aromatic carbocycles. The Morgan fingerprint density at radius 2 is 1.72 bits per heavy atom. The summed E-state index contributed by atoms with van der Waals surface area (Å²) in [4.78, 5) is 26.4. The van der Waals surface area contributed by atoms with E-state index in [-0.39, 0.29) is 22.7 Å². The van der Waals surface area contributed by atoms with Crippen molar-refractivity contribution in [3.05, 3.63) is 0 Å². The monoisotopic (exact) mass is 252 g/mol. The molecule has 1 atom stereocenters. The van der Waals surface area contributed by atoms with Gasteiger partial charge in [-0.3, -0.25) is 4.79 Å². The molecule has 0 aromatic heterocycles. The smallest absolute Gasteiger partial charge is 0.407 e. The zero-order valence-corrected chi connectivity index (χ0v) is 11.0. The van der Waals surface area contributed by atoms with Crippen molar-refractivity contribution in [2.45, 2.75) is 26.7 Å². The van der Waals surface area contributed by atoms with E-state index in [4.69, 9.17) is 5.11 Å². The van der Waals surface area contributed by atoms with Gasteiger partial charge < -0.3 is 14.9 Å². The highest BCUT2D eigenvalue weighted by atomic mass is 16.4. The van der Waals surface area contributed by atoms with Gasteiger partial charge in [0.1, 0.15) is 0 Å². The van der Waals surface area contributed by atoms with Gasteiger partial charge in [-0.2, -0.15) is 0 Å². The highest BCUT2D eigenvalue weighted by molar-refractivity contribution is 5.83. The van der Waals surface area contributed by atoms with Crippen LogP contribution in [0.1, 0.15) is 26.7 Å². The summed E-state index contributed by atoms with van der Waals surface area (Å²) >= 11 is 0. The van der Waals surface area contributed by atoms with Gasteiger partial charge in [-0.15, -0.1) is 0 Å². The maximum atomic E-state index is 12.2. The van der Waals surface area contributed by atoms with Crippen LogP contribution in [0.4, 0.5) is 4.79 Å². The van der Waals surface area contributed by atoms with E-state index in [1.165, 1.54) is 4.90 Å². The summed E-state index contributed by atoms with van der Waals surface area (Å²) in [6, 6.07) is 0. The molecule has 2 saturated heterocycles. The maximum absolute atomic E-state index is 12.2. The average molecular weight is 252 g/mol. The van der Waals surface area contributed by atoms with Crippen LogP contribution in [0.15, 0.2) is 0 Å². The third kappa shape index (κ3) is 1.68. The highest BCUT2D eigenvalue weighted by Crippen LogP contribution is 2.54. The predicted molar refractivity (Wildman–Crippen MR) is 65.1 cm³/mol. The summed E-state index contributed by atoms with van der Waals surface area (Å²) in [5.41, 5.74) is 0.246. The van der Waals surface area contributed by atoms with Gasteiger partial charge in [-0.1, -0.05) is 13.8 Å². The Morgan fingerprint density at radius 1 is 1.17 bits per heavy atom. The second-order valence-corrected chi connectivity index (χ2v) is 6.89. The van der Waals surface area contributed by atoms with Gasteiger partial charge in [0.2, 0.25) is 5.91 Å². The predicted octanol–water partition coefficient (Wildman–Crippen LogP) is 1.24. The van der Waals surface area contributed by atoms with Crippen molar-refractivity contribution in [3.8, 4) is 0 Å². The molecule has 1 saturated carbocycles. The van der Waals surface area contributed by atoms with Crippen molar-refractivity contribution in [1.29, 1.82) is 0 Å². The molecule has 3 fully saturated rings. The Morgan fingerprint density at radius 3 is 2.17 bits per heavy atom. The Kier molecular flexibility index (Phi) is 2.23. The molecule has 2 heterocycles. The van der Waals surface area contributed by atoms with Crippen LogP contribution < -0.4 is 0 Å². The Balaban J connectivity index is 1.55. The Hall–Kier alpha value is -1.26. The maximum Gasteiger partial charge on any atom is 0.407 e. The Bertz CT molecular complexity index is 412. The molecule has 2 aliphatic heterocycles. The van der Waals surface area contributed by atoms with Gasteiger partial charge in [0.15, 0.2) is 0 Å². The van der Waals surface area contributed by atoms with E-state index in [1.807, 2.05) is 4.90 Å². The van der Waals surface area contributed by atoms with Crippen molar-refractivity contribution in [2.24, 2.45) is 16.7 Å². The molecule has 0 bridgehead atoms. The molecule has 1 spiro atoms. The third-order valence-corrected chi connectivity index (χ3v) is 4.88. The normalized spacial score (nSPS) is 31.3. The number of carbonyl (C=O) groups excluding carboxylic acids is 1. The molecule has 100 valence electrons. The molecular weight excluding hydrogens is 232 g/mol. The van der Waals surface area contributed by atoms with E-state index in [2.05, 4.69) is 13.8 Å². The van der Waals surface area contributed by atoms with Crippen molar-refractivity contribution >= 4 is 12.0 Å². The highest BCUT2D eigenvalue weighted by Gasteiger charge is 2.57. The summed E-state index contributed by atoms with van der Waals surface area (Å²) in [5, 5.41) is 8.95. The number of carboxylic acid groups (broad SMARTS) is 1. The topological polar surface area (TPSA) is 60.9 Å². The van der Waals surface area contributed by atoms with Gasteiger partial charge in [0, 0.05) is 37.5 Å². The molecule has 3 aliphatic rings. The third-order valence-electron chi connectivity index (χ3n) is 4.88. The zero-order chi connectivity index (χ0) is 13.1. The second kappa shape index (κ2) is 3.39. The lowest BCUT2D eigenvalue weighted by molar-refractivity contribution is -0.144. The number of amides is 2. The van der Waals surface area contributed by atoms with E-state index in [9.17, 15) is 9.59 Å². The summed E-state index contributed by atoms with van der Waals surface area (Å²) in [6.07, 6.45) is 1.06. The number of hydrogen-bond acceptors (Lipinski definition) is 2. The minimum Gasteiger partial charge on any atom is -0.465 e. The fourth-order valence-electron chi connectivity index (χ4n) is 3.38. The average Bonchev–Trinajstić information content (AvgIpc) is 2.73. The van der Waals surface area contributed by atoms with Crippen molar-refractivity contribution in [1.82, 2.24) is 9.80 Å². The van der Waals surface area contributed by atoms with Gasteiger partial charge in [0.05, 0.1) is 0 Å². The van der Waals surface area contributed by atoms with Crippen molar-refractivity contribution < 1.29 is 14.7 Å². The number of hydrogen-bond donors (Lipinski definition) is 1. The lowest BCUT2D eigenvalue weighted by Gasteiger charge is -2.48. The van der Waals surface area contributed by atoms with Crippen LogP contribution in [-0.2, 0) is 4.79 Å². The minimum atomic E-state index is -0.833. The van der Waals surface area contributed by atoms with E-state index < -0.39 is 6.09 Å². The Labute approximate surface area is 107 Å². The van der Waals surface area contributed by atoms with Gasteiger partial charge in [-0.05, 0) is 18.3 Å². The van der Waals surface area contributed by atoms with E-state index in [1.54, 1.807) is 0 Å². The first-order valence-corrected chi connectivity index (χ1v) is 6.60. The number of nitrogens with zero attached hydrogens (tertiary/aromatic N) is 2. The largest absolute Gasteiger partial charge is 0.465 e. The first-order chi connectivity index (χ1) is 8.33. The summed E-state index contributed by atoms with van der Waals surface area (Å²) in [5.74, 6) is 0.478. The molecule has 0 radical (unpaired) electrons. The zero-order valence-electron chi connectivity index (χ0n) is 11.0. The quantitative estimate of drug-likeness (QED) is 0.764. The summed E-state index contributed by atoms with van der Waals surface area (Å²) in [6.45, 7) is 6.98. The van der Waals surface area contributed by atoms with Crippen LogP contribution in [0.2, 0.25) is 0 Å². The molecule has 1 N–H and O–H groups in total. The molecule has 0 unspecified atom stereocenters. The fraction of sp³-hybridized carbons (Fsp3) is 0.846. The van der Waals surface area contributed by atoms with E-state index >= 15 is 0 Å². The van der Waals surface area contributed by atoms with Crippen LogP contribution >= 0.6 is 0 Å². The number of likely N-dealkylation sites (tertiary alicyclic amines) is 2. The fourth-order valence-corrected chi connectivity index (χ4v) is 3.38. The van der Waals surface area contributed by atoms with Crippen molar-refractivity contribution in [3.63, 3.8) is 0 Å². The molecule has 5 heteroatoms. The lowest BCUT2D eigenvalue weighted by atomic mass is 9.78. The van der Waals surface area contributed by atoms with Crippen LogP contribution in [0, 0.1) is 16.7 Å². The molecule has 3 rings (SSSR count). The van der Waals surface area contributed by atoms with Gasteiger partial charge in [0.25, 0.3) is 0 Å². The molecule has 5 nitrogen and oxygen atoms in total. The van der Waals surface area contributed by atoms with E-state index in [0.717, 1.165) is 25.9 Å². The molecule has 2 amide bonds. The van der Waals surface area contributed by atoms with Crippen molar-refractivity contribution in [2.75, 3.05) is 26.2 Å². The first-order valence-electron chi connectivity index (χ1n) is 6.60.